The van der Waals surface area contributed by atoms with Gasteiger partial charge in [0.05, 0.1) is 12.1 Å². The van der Waals surface area contributed by atoms with Crippen molar-refractivity contribution in [2.24, 2.45) is 4.99 Å². The second-order valence-electron chi connectivity index (χ2n) is 7.06. The summed E-state index contributed by atoms with van der Waals surface area (Å²) in [4.78, 5) is 8.92. The molecule has 3 rings (SSSR count). The molecule has 7 nitrogen and oxygen atoms in total. The Morgan fingerprint density at radius 2 is 2.32 bits per heavy atom. The maximum atomic E-state index is 10.4. The fraction of sp³-hybridized carbons (Fsp3) is 0.812. The third-order valence-corrected chi connectivity index (χ3v) is 5.86. The highest BCUT2D eigenvalue weighted by Gasteiger charge is 2.32. The van der Waals surface area contributed by atoms with Crippen LogP contribution in [-0.2, 0) is 13.0 Å². The number of aromatic nitrogens is 3. The third kappa shape index (κ3) is 5.22. The zero-order chi connectivity index (χ0) is 17.2. The van der Waals surface area contributed by atoms with Gasteiger partial charge in [0, 0.05) is 37.7 Å². The number of thioether (sulfide) groups is 1. The lowest BCUT2D eigenvalue weighted by Crippen LogP contribution is -2.51. The van der Waals surface area contributed by atoms with Crippen LogP contribution in [0.1, 0.15) is 44.3 Å². The van der Waals surface area contributed by atoms with E-state index in [1.54, 1.807) is 18.8 Å². The lowest BCUT2D eigenvalue weighted by atomic mass is 10.0. The van der Waals surface area contributed by atoms with Crippen molar-refractivity contribution in [2.45, 2.75) is 57.2 Å². The van der Waals surface area contributed by atoms with Crippen molar-refractivity contribution in [3.05, 3.63) is 11.6 Å². The maximum Gasteiger partial charge on any atom is 0.191 e. The minimum Gasteiger partial charge on any atom is -0.387 e. The Labute approximate surface area is 170 Å². The number of aryl methyl sites for hydroxylation is 1. The third-order valence-electron chi connectivity index (χ3n) is 4.62. The molecule has 25 heavy (non-hydrogen) atoms. The van der Waals surface area contributed by atoms with Crippen molar-refractivity contribution in [2.75, 3.05) is 25.1 Å². The molecular formula is C16H29IN6OS. The molecule has 0 aromatic carbocycles. The first kappa shape index (κ1) is 20.8. The summed E-state index contributed by atoms with van der Waals surface area (Å²) in [5.74, 6) is 4.93. The van der Waals surface area contributed by atoms with Crippen molar-refractivity contribution < 1.29 is 5.11 Å². The zero-order valence-corrected chi connectivity index (χ0v) is 18.3. The SMILES string of the molecule is CN=C(NCC1(O)CCSC1)NC1CCc2nc(C(C)C)nn2C1.I. The first-order chi connectivity index (χ1) is 11.5. The van der Waals surface area contributed by atoms with Gasteiger partial charge in [0.2, 0.25) is 0 Å². The molecule has 2 aliphatic heterocycles. The van der Waals surface area contributed by atoms with Gasteiger partial charge in [-0.3, -0.25) is 4.99 Å². The standard InChI is InChI=1S/C16H28N6OS.HI/c1-11(2)14-20-13-5-4-12(8-22(13)21-14)19-15(17-3)18-9-16(23)6-7-24-10-16;/h11-12,23H,4-10H2,1-3H3,(H2,17,18,19);1H. The number of hydrogen-bond acceptors (Lipinski definition) is 5. The van der Waals surface area contributed by atoms with Gasteiger partial charge < -0.3 is 15.7 Å². The predicted molar refractivity (Wildman–Crippen MR) is 113 cm³/mol. The topological polar surface area (TPSA) is 87.4 Å². The Hall–Kier alpha value is -0.550. The molecule has 0 saturated carbocycles. The summed E-state index contributed by atoms with van der Waals surface area (Å²) in [6, 6.07) is 0.276. The van der Waals surface area contributed by atoms with Crippen LogP contribution < -0.4 is 10.6 Å². The van der Waals surface area contributed by atoms with Gasteiger partial charge in [-0.05, 0) is 18.6 Å². The molecule has 2 atom stereocenters. The van der Waals surface area contributed by atoms with Gasteiger partial charge in [-0.25, -0.2) is 9.67 Å². The van der Waals surface area contributed by atoms with Crippen LogP contribution in [-0.4, -0.2) is 62.6 Å². The predicted octanol–water partition coefficient (Wildman–Crippen LogP) is 1.37. The molecule has 1 aromatic heterocycles. The Bertz CT molecular complexity index is 599. The van der Waals surface area contributed by atoms with E-state index in [1.807, 2.05) is 4.68 Å². The Balaban J connectivity index is 0.00000225. The number of guanidine groups is 1. The van der Waals surface area contributed by atoms with Crippen LogP contribution in [0.3, 0.4) is 0 Å². The molecule has 1 fully saturated rings. The van der Waals surface area contributed by atoms with E-state index in [0.29, 0.717) is 12.5 Å². The lowest BCUT2D eigenvalue weighted by molar-refractivity contribution is 0.0723. The van der Waals surface area contributed by atoms with Gasteiger partial charge in [-0.15, -0.1) is 24.0 Å². The van der Waals surface area contributed by atoms with Crippen LogP contribution in [0.15, 0.2) is 4.99 Å². The van der Waals surface area contributed by atoms with Crippen molar-refractivity contribution in [1.82, 2.24) is 25.4 Å². The summed E-state index contributed by atoms with van der Waals surface area (Å²) in [6.07, 6.45) is 2.78. The molecule has 2 aliphatic rings. The van der Waals surface area contributed by atoms with Crippen molar-refractivity contribution in [3.8, 4) is 0 Å². The maximum absolute atomic E-state index is 10.4. The fourth-order valence-corrected chi connectivity index (χ4v) is 4.36. The van der Waals surface area contributed by atoms with Crippen molar-refractivity contribution in [1.29, 1.82) is 0 Å². The van der Waals surface area contributed by atoms with E-state index >= 15 is 0 Å². The van der Waals surface area contributed by atoms with Gasteiger partial charge >= 0.3 is 0 Å². The number of aliphatic imine (C=N–C) groups is 1. The number of hydrogen-bond donors (Lipinski definition) is 3. The molecule has 3 N–H and O–H groups in total. The van der Waals surface area contributed by atoms with Gasteiger partial charge in [-0.1, -0.05) is 13.8 Å². The van der Waals surface area contributed by atoms with Crippen molar-refractivity contribution in [3.63, 3.8) is 0 Å². The molecule has 0 radical (unpaired) electrons. The van der Waals surface area contributed by atoms with Crippen molar-refractivity contribution >= 4 is 41.7 Å². The summed E-state index contributed by atoms with van der Waals surface area (Å²) < 4.78 is 2.02. The average Bonchev–Trinajstić information content (AvgIpc) is 3.17. The Morgan fingerprint density at radius 3 is 2.96 bits per heavy atom. The first-order valence-corrected chi connectivity index (χ1v) is 9.85. The van der Waals surface area contributed by atoms with Crippen LogP contribution in [0.2, 0.25) is 0 Å². The summed E-state index contributed by atoms with van der Waals surface area (Å²) in [5.41, 5.74) is -0.611. The normalized spacial score (nSPS) is 26.3. The molecule has 0 amide bonds. The van der Waals surface area contributed by atoms with Crippen LogP contribution in [0, 0.1) is 0 Å². The molecule has 142 valence electrons. The zero-order valence-electron chi connectivity index (χ0n) is 15.2. The second-order valence-corrected chi connectivity index (χ2v) is 8.16. The van der Waals surface area contributed by atoms with E-state index in [2.05, 4.69) is 39.6 Å². The summed E-state index contributed by atoms with van der Waals surface area (Å²) in [5, 5.41) is 21.8. The minimum absolute atomic E-state index is 0. The summed E-state index contributed by atoms with van der Waals surface area (Å²) >= 11 is 1.80. The van der Waals surface area contributed by atoms with E-state index in [0.717, 1.165) is 54.9 Å². The van der Waals surface area contributed by atoms with E-state index in [-0.39, 0.29) is 30.0 Å². The highest BCUT2D eigenvalue weighted by molar-refractivity contribution is 14.0. The monoisotopic (exact) mass is 480 g/mol. The molecule has 1 aromatic rings. The number of rotatable bonds is 4. The Kier molecular flexibility index (Phi) is 7.39. The van der Waals surface area contributed by atoms with Gasteiger partial charge in [-0.2, -0.15) is 16.9 Å². The van der Waals surface area contributed by atoms with Gasteiger partial charge in [0.25, 0.3) is 0 Å². The highest BCUT2D eigenvalue weighted by Crippen LogP contribution is 2.26. The largest absolute Gasteiger partial charge is 0.387 e. The number of fused-ring (bicyclic) bond motifs is 1. The van der Waals surface area contributed by atoms with Crippen LogP contribution >= 0.6 is 35.7 Å². The van der Waals surface area contributed by atoms with E-state index < -0.39 is 5.60 Å². The molecule has 3 heterocycles. The van der Waals surface area contributed by atoms with E-state index in [4.69, 9.17) is 0 Å². The number of nitrogens with zero attached hydrogens (tertiary/aromatic N) is 4. The average molecular weight is 480 g/mol. The number of nitrogens with one attached hydrogen (secondary N) is 2. The molecule has 1 saturated heterocycles. The smallest absolute Gasteiger partial charge is 0.191 e. The minimum atomic E-state index is -0.611. The number of halogens is 1. The lowest BCUT2D eigenvalue weighted by Gasteiger charge is -2.27. The van der Waals surface area contributed by atoms with E-state index in [1.165, 1.54) is 0 Å². The molecule has 0 bridgehead atoms. The van der Waals surface area contributed by atoms with Crippen LogP contribution in [0.4, 0.5) is 0 Å². The quantitative estimate of drug-likeness (QED) is 0.343. The Morgan fingerprint density at radius 1 is 1.52 bits per heavy atom. The summed E-state index contributed by atoms with van der Waals surface area (Å²) in [7, 11) is 1.77. The molecule has 2 unspecified atom stereocenters. The van der Waals surface area contributed by atoms with Gasteiger partial charge in [0.1, 0.15) is 5.82 Å². The molecule has 0 aliphatic carbocycles. The van der Waals surface area contributed by atoms with Crippen LogP contribution in [0.5, 0.6) is 0 Å². The summed E-state index contributed by atoms with van der Waals surface area (Å²) in [6.45, 7) is 5.58. The van der Waals surface area contributed by atoms with Gasteiger partial charge in [0.15, 0.2) is 11.8 Å². The van der Waals surface area contributed by atoms with E-state index in [9.17, 15) is 5.11 Å². The molecule has 0 spiro atoms. The highest BCUT2D eigenvalue weighted by atomic mass is 127. The molecule has 9 heteroatoms. The molecular weight excluding hydrogens is 451 g/mol. The fourth-order valence-electron chi connectivity index (χ4n) is 3.06. The van der Waals surface area contributed by atoms with Crippen LogP contribution in [0.25, 0.3) is 0 Å². The number of aliphatic hydroxyl groups is 1. The second kappa shape index (κ2) is 8.90. The first-order valence-electron chi connectivity index (χ1n) is 8.70.